The number of aromatic nitrogens is 1. The molecule has 1 heterocycles. The number of pyridine rings is 1. The summed E-state index contributed by atoms with van der Waals surface area (Å²) in [5.41, 5.74) is 6.11. The van der Waals surface area contributed by atoms with Gasteiger partial charge in [0.2, 0.25) is 0 Å². The predicted octanol–water partition coefficient (Wildman–Crippen LogP) is 0.334. The van der Waals surface area contributed by atoms with Gasteiger partial charge in [-0.2, -0.15) is 0 Å². The summed E-state index contributed by atoms with van der Waals surface area (Å²) in [6.07, 6.45) is 2.33. The van der Waals surface area contributed by atoms with Gasteiger partial charge in [-0.05, 0) is 19.1 Å². The number of aliphatic hydroxyl groups is 1. The molecule has 0 amide bonds. The van der Waals surface area contributed by atoms with Crippen molar-refractivity contribution in [3.63, 3.8) is 0 Å². The lowest BCUT2D eigenvalue weighted by atomic mass is 9.98. The molecule has 1 aromatic heterocycles. The number of rotatable bonds is 3. The first-order chi connectivity index (χ1) is 5.64. The molecule has 12 heavy (non-hydrogen) atoms. The lowest BCUT2D eigenvalue weighted by Gasteiger charge is -2.20. The van der Waals surface area contributed by atoms with Gasteiger partial charge in [-0.1, -0.05) is 6.07 Å². The van der Waals surface area contributed by atoms with E-state index in [-0.39, 0.29) is 6.61 Å². The minimum atomic E-state index is -0.561. The topological polar surface area (TPSA) is 59.1 Å². The molecule has 0 bridgehead atoms. The zero-order chi connectivity index (χ0) is 9.03. The monoisotopic (exact) mass is 166 g/mol. The third-order valence-corrected chi connectivity index (χ3v) is 1.67. The van der Waals surface area contributed by atoms with E-state index in [0.29, 0.717) is 6.42 Å². The summed E-state index contributed by atoms with van der Waals surface area (Å²) in [4.78, 5) is 4.12. The van der Waals surface area contributed by atoms with Crippen molar-refractivity contribution in [2.24, 2.45) is 5.73 Å². The second kappa shape index (κ2) is 3.65. The Balaban J connectivity index is 2.64. The lowest BCUT2D eigenvalue weighted by molar-refractivity contribution is 0.207. The van der Waals surface area contributed by atoms with Crippen LogP contribution < -0.4 is 5.73 Å². The zero-order valence-electron chi connectivity index (χ0n) is 7.20. The van der Waals surface area contributed by atoms with Crippen molar-refractivity contribution < 1.29 is 5.11 Å². The van der Waals surface area contributed by atoms with E-state index >= 15 is 0 Å². The van der Waals surface area contributed by atoms with Crippen LogP contribution >= 0.6 is 0 Å². The van der Waals surface area contributed by atoms with Crippen molar-refractivity contribution in [1.82, 2.24) is 4.98 Å². The van der Waals surface area contributed by atoms with Gasteiger partial charge in [-0.3, -0.25) is 4.98 Å². The molecule has 0 radical (unpaired) electrons. The van der Waals surface area contributed by atoms with E-state index in [1.165, 1.54) is 0 Å². The largest absolute Gasteiger partial charge is 0.394 e. The summed E-state index contributed by atoms with van der Waals surface area (Å²) in [5, 5.41) is 8.90. The van der Waals surface area contributed by atoms with Crippen molar-refractivity contribution >= 4 is 0 Å². The van der Waals surface area contributed by atoms with Crippen LogP contribution in [0.4, 0.5) is 0 Å². The summed E-state index contributed by atoms with van der Waals surface area (Å²) in [6, 6.07) is 5.67. The fourth-order valence-corrected chi connectivity index (χ4v) is 0.972. The Kier molecular flexibility index (Phi) is 2.78. The Morgan fingerprint density at radius 3 is 2.83 bits per heavy atom. The fraction of sp³-hybridized carbons (Fsp3) is 0.444. The number of hydrogen-bond acceptors (Lipinski definition) is 3. The molecule has 3 N–H and O–H groups in total. The Morgan fingerprint density at radius 1 is 1.58 bits per heavy atom. The first kappa shape index (κ1) is 9.16. The number of nitrogens with two attached hydrogens (primary N) is 1. The van der Waals surface area contributed by atoms with E-state index in [1.807, 2.05) is 25.1 Å². The van der Waals surface area contributed by atoms with Gasteiger partial charge in [-0.15, -0.1) is 0 Å². The predicted molar refractivity (Wildman–Crippen MR) is 47.6 cm³/mol. The molecule has 0 spiro atoms. The van der Waals surface area contributed by atoms with E-state index in [1.54, 1.807) is 6.20 Å². The second-order valence-corrected chi connectivity index (χ2v) is 3.31. The molecule has 1 unspecified atom stereocenters. The summed E-state index contributed by atoms with van der Waals surface area (Å²) in [5.74, 6) is 0. The van der Waals surface area contributed by atoms with Crippen molar-refractivity contribution in [2.75, 3.05) is 6.61 Å². The molecular weight excluding hydrogens is 152 g/mol. The normalized spacial score (nSPS) is 15.6. The molecule has 0 aliphatic heterocycles. The van der Waals surface area contributed by atoms with Crippen LogP contribution in [-0.2, 0) is 6.42 Å². The molecule has 1 aromatic rings. The molecule has 0 saturated heterocycles. The maximum atomic E-state index is 8.90. The number of nitrogens with zero attached hydrogens (tertiary/aromatic N) is 1. The van der Waals surface area contributed by atoms with E-state index in [9.17, 15) is 0 Å². The molecule has 66 valence electrons. The summed E-state index contributed by atoms with van der Waals surface area (Å²) >= 11 is 0. The number of hydrogen-bond donors (Lipinski definition) is 2. The van der Waals surface area contributed by atoms with Crippen LogP contribution in [0.2, 0.25) is 0 Å². The van der Waals surface area contributed by atoms with Crippen molar-refractivity contribution in [2.45, 2.75) is 18.9 Å². The van der Waals surface area contributed by atoms with E-state index < -0.39 is 5.54 Å². The Morgan fingerprint density at radius 2 is 2.33 bits per heavy atom. The molecule has 0 fully saturated rings. The maximum Gasteiger partial charge on any atom is 0.0612 e. The van der Waals surface area contributed by atoms with Crippen LogP contribution in [0.1, 0.15) is 12.6 Å². The lowest BCUT2D eigenvalue weighted by Crippen LogP contribution is -2.42. The minimum absolute atomic E-state index is 0.0242. The average Bonchev–Trinajstić information content (AvgIpc) is 2.06. The first-order valence-corrected chi connectivity index (χ1v) is 3.94. The summed E-state index contributed by atoms with van der Waals surface area (Å²) in [6.45, 7) is 1.78. The summed E-state index contributed by atoms with van der Waals surface area (Å²) < 4.78 is 0. The Bertz CT molecular complexity index is 234. The molecule has 3 heteroatoms. The molecule has 0 saturated carbocycles. The third-order valence-electron chi connectivity index (χ3n) is 1.67. The van der Waals surface area contributed by atoms with Gasteiger partial charge in [0.1, 0.15) is 0 Å². The van der Waals surface area contributed by atoms with Crippen LogP contribution in [0, 0.1) is 0 Å². The molecular formula is C9H14N2O. The number of aliphatic hydroxyl groups excluding tert-OH is 1. The van der Waals surface area contributed by atoms with Crippen molar-refractivity contribution in [3.05, 3.63) is 30.1 Å². The van der Waals surface area contributed by atoms with E-state index in [2.05, 4.69) is 4.98 Å². The first-order valence-electron chi connectivity index (χ1n) is 3.94. The molecule has 1 atom stereocenters. The average molecular weight is 166 g/mol. The van der Waals surface area contributed by atoms with Crippen LogP contribution in [0.25, 0.3) is 0 Å². The van der Waals surface area contributed by atoms with Gasteiger partial charge in [0.05, 0.1) is 6.61 Å². The van der Waals surface area contributed by atoms with Crippen LogP contribution in [0.5, 0.6) is 0 Å². The molecule has 1 rings (SSSR count). The standard InChI is InChI=1S/C9H14N2O/c1-9(10,7-12)6-8-4-2-3-5-11-8/h2-5,12H,6-7,10H2,1H3. The van der Waals surface area contributed by atoms with Crippen molar-refractivity contribution in [3.8, 4) is 0 Å². The maximum absolute atomic E-state index is 8.90. The van der Waals surface area contributed by atoms with Gasteiger partial charge < -0.3 is 10.8 Å². The highest BCUT2D eigenvalue weighted by molar-refractivity contribution is 5.07. The quantitative estimate of drug-likeness (QED) is 0.680. The Labute approximate surface area is 72.2 Å². The zero-order valence-corrected chi connectivity index (χ0v) is 7.20. The highest BCUT2D eigenvalue weighted by atomic mass is 16.3. The van der Waals surface area contributed by atoms with Crippen LogP contribution in [0.3, 0.4) is 0 Å². The third kappa shape index (κ3) is 2.60. The van der Waals surface area contributed by atoms with Gasteiger partial charge in [0.15, 0.2) is 0 Å². The van der Waals surface area contributed by atoms with Gasteiger partial charge in [0, 0.05) is 23.9 Å². The summed E-state index contributed by atoms with van der Waals surface area (Å²) in [7, 11) is 0. The second-order valence-electron chi connectivity index (χ2n) is 3.31. The van der Waals surface area contributed by atoms with Gasteiger partial charge in [0.25, 0.3) is 0 Å². The van der Waals surface area contributed by atoms with Crippen molar-refractivity contribution in [1.29, 1.82) is 0 Å². The van der Waals surface area contributed by atoms with Crippen LogP contribution in [-0.4, -0.2) is 22.2 Å². The van der Waals surface area contributed by atoms with E-state index in [0.717, 1.165) is 5.69 Å². The Hall–Kier alpha value is -0.930. The molecule has 0 aliphatic rings. The van der Waals surface area contributed by atoms with Crippen LogP contribution in [0.15, 0.2) is 24.4 Å². The van der Waals surface area contributed by atoms with Gasteiger partial charge in [-0.25, -0.2) is 0 Å². The SMILES string of the molecule is CC(N)(CO)Cc1ccccn1. The molecule has 0 aliphatic carbocycles. The molecule has 0 aromatic carbocycles. The minimum Gasteiger partial charge on any atom is -0.394 e. The molecule has 3 nitrogen and oxygen atoms in total. The highest BCUT2D eigenvalue weighted by Gasteiger charge is 2.17. The highest BCUT2D eigenvalue weighted by Crippen LogP contribution is 2.06. The van der Waals surface area contributed by atoms with Gasteiger partial charge >= 0.3 is 0 Å². The smallest absolute Gasteiger partial charge is 0.0612 e. The van der Waals surface area contributed by atoms with E-state index in [4.69, 9.17) is 10.8 Å². The fourth-order valence-electron chi connectivity index (χ4n) is 0.972.